The van der Waals surface area contributed by atoms with Crippen LogP contribution < -0.4 is 16.2 Å². The van der Waals surface area contributed by atoms with Gasteiger partial charge in [-0.05, 0) is 38.8 Å². The number of hydrogen-bond donors (Lipinski definition) is 3. The molecule has 0 fully saturated rings. The van der Waals surface area contributed by atoms with E-state index in [-0.39, 0.29) is 11.4 Å². The Balaban J connectivity index is 3.11. The minimum absolute atomic E-state index is 0.0203. The number of Topliss-reactive ketones (excluding diaryl/α,β-unsaturated/α-hetero) is 1. The molecule has 0 saturated carbocycles. The molecule has 1 rings (SSSR count). The highest BCUT2D eigenvalue weighted by atomic mass is 32.2. The van der Waals surface area contributed by atoms with Crippen molar-refractivity contribution in [2.45, 2.75) is 44.7 Å². The molecule has 5 N–H and O–H groups in total. The SMILES string of the molecule is Cc1cc(C)c(S(=O)(=O)NC(C)C(=O)C(N)CN)c(C)c1. The Kier molecular flexibility index (Phi) is 5.63. The van der Waals surface area contributed by atoms with Gasteiger partial charge < -0.3 is 11.5 Å². The maximum absolute atomic E-state index is 12.5. The molecule has 0 radical (unpaired) electrons. The monoisotopic (exact) mass is 313 g/mol. The fourth-order valence-corrected chi connectivity index (χ4v) is 4.04. The predicted octanol–water partition coefficient (Wildman–Crippen LogP) is 0.134. The minimum atomic E-state index is -3.79. The lowest BCUT2D eigenvalue weighted by atomic mass is 10.1. The van der Waals surface area contributed by atoms with Crippen LogP contribution in [0.4, 0.5) is 0 Å². The number of nitrogens with one attached hydrogen (secondary N) is 1. The van der Waals surface area contributed by atoms with E-state index in [1.165, 1.54) is 6.92 Å². The van der Waals surface area contributed by atoms with Gasteiger partial charge in [0.25, 0.3) is 0 Å². The van der Waals surface area contributed by atoms with Crippen molar-refractivity contribution in [3.8, 4) is 0 Å². The van der Waals surface area contributed by atoms with Crippen molar-refractivity contribution in [3.05, 3.63) is 28.8 Å². The molecule has 7 heteroatoms. The summed E-state index contributed by atoms with van der Waals surface area (Å²) in [6.45, 7) is 6.80. The van der Waals surface area contributed by atoms with Crippen molar-refractivity contribution >= 4 is 15.8 Å². The van der Waals surface area contributed by atoms with Crippen LogP contribution in [0.1, 0.15) is 23.6 Å². The summed E-state index contributed by atoms with van der Waals surface area (Å²) in [6.07, 6.45) is 0. The van der Waals surface area contributed by atoms with E-state index in [1.807, 2.05) is 6.92 Å². The van der Waals surface area contributed by atoms with E-state index in [0.29, 0.717) is 11.1 Å². The van der Waals surface area contributed by atoms with Crippen molar-refractivity contribution in [1.82, 2.24) is 4.72 Å². The summed E-state index contributed by atoms with van der Waals surface area (Å²) in [5.41, 5.74) is 13.1. The van der Waals surface area contributed by atoms with E-state index in [2.05, 4.69) is 4.72 Å². The smallest absolute Gasteiger partial charge is 0.241 e. The van der Waals surface area contributed by atoms with Gasteiger partial charge >= 0.3 is 0 Å². The van der Waals surface area contributed by atoms with Crippen LogP contribution in [0.3, 0.4) is 0 Å². The third-order valence-electron chi connectivity index (χ3n) is 3.25. The van der Waals surface area contributed by atoms with Gasteiger partial charge in [0.1, 0.15) is 0 Å². The average Bonchev–Trinajstić information content (AvgIpc) is 2.34. The summed E-state index contributed by atoms with van der Waals surface area (Å²) in [7, 11) is -3.79. The van der Waals surface area contributed by atoms with Gasteiger partial charge in [0.05, 0.1) is 17.0 Å². The number of carbonyl (C=O) groups is 1. The van der Waals surface area contributed by atoms with Gasteiger partial charge in [-0.15, -0.1) is 0 Å². The summed E-state index contributed by atoms with van der Waals surface area (Å²) in [5.74, 6) is -0.427. The second kappa shape index (κ2) is 6.65. The molecule has 0 heterocycles. The fraction of sp³-hybridized carbons (Fsp3) is 0.500. The molecule has 2 atom stereocenters. The second-order valence-electron chi connectivity index (χ2n) is 5.32. The van der Waals surface area contributed by atoms with Crippen LogP contribution in [-0.2, 0) is 14.8 Å². The molecule has 118 valence electrons. The highest BCUT2D eigenvalue weighted by Gasteiger charge is 2.27. The number of benzene rings is 1. The molecule has 2 unspecified atom stereocenters. The summed E-state index contributed by atoms with van der Waals surface area (Å²) in [5, 5.41) is 0. The molecule has 6 nitrogen and oxygen atoms in total. The molecular formula is C14H23N3O3S. The van der Waals surface area contributed by atoms with Gasteiger partial charge in [0, 0.05) is 6.54 Å². The zero-order valence-corrected chi connectivity index (χ0v) is 13.6. The van der Waals surface area contributed by atoms with Crippen LogP contribution in [0.2, 0.25) is 0 Å². The summed E-state index contributed by atoms with van der Waals surface area (Å²) in [4.78, 5) is 12.1. The van der Waals surface area contributed by atoms with Crippen molar-refractivity contribution in [1.29, 1.82) is 0 Å². The number of sulfonamides is 1. The molecule has 0 bridgehead atoms. The number of carbonyl (C=O) groups excluding carboxylic acids is 1. The third kappa shape index (κ3) is 4.10. The summed E-state index contributed by atoms with van der Waals surface area (Å²) in [6, 6.07) is 1.79. The maximum Gasteiger partial charge on any atom is 0.241 e. The van der Waals surface area contributed by atoms with Crippen molar-refractivity contribution in [3.63, 3.8) is 0 Å². The van der Waals surface area contributed by atoms with Crippen LogP contribution in [0, 0.1) is 20.8 Å². The Morgan fingerprint density at radius 3 is 2.14 bits per heavy atom. The number of nitrogens with two attached hydrogens (primary N) is 2. The van der Waals surface area contributed by atoms with E-state index in [9.17, 15) is 13.2 Å². The molecule has 0 amide bonds. The van der Waals surface area contributed by atoms with Gasteiger partial charge in [-0.1, -0.05) is 17.7 Å². The highest BCUT2D eigenvalue weighted by molar-refractivity contribution is 7.89. The zero-order chi connectivity index (χ0) is 16.4. The molecule has 1 aromatic rings. The molecule has 0 aliphatic heterocycles. The van der Waals surface area contributed by atoms with Crippen molar-refractivity contribution in [2.24, 2.45) is 11.5 Å². The average molecular weight is 313 g/mol. The Bertz CT molecular complexity index is 618. The van der Waals surface area contributed by atoms with Crippen molar-refractivity contribution < 1.29 is 13.2 Å². The first-order valence-electron chi connectivity index (χ1n) is 6.69. The van der Waals surface area contributed by atoms with E-state index in [0.717, 1.165) is 5.56 Å². The van der Waals surface area contributed by atoms with E-state index < -0.39 is 27.9 Å². The Morgan fingerprint density at radius 1 is 1.24 bits per heavy atom. The normalized spacial score (nSPS) is 14.8. The lowest BCUT2D eigenvalue weighted by Gasteiger charge is -2.18. The number of aryl methyl sites for hydroxylation is 3. The van der Waals surface area contributed by atoms with E-state index in [1.54, 1.807) is 26.0 Å². The third-order valence-corrected chi connectivity index (χ3v) is 5.10. The van der Waals surface area contributed by atoms with E-state index in [4.69, 9.17) is 11.5 Å². The van der Waals surface area contributed by atoms with Gasteiger partial charge in [-0.2, -0.15) is 0 Å². The first-order chi connectivity index (χ1) is 9.60. The topological polar surface area (TPSA) is 115 Å². The Morgan fingerprint density at radius 2 is 1.71 bits per heavy atom. The van der Waals surface area contributed by atoms with Gasteiger partial charge in [-0.25, -0.2) is 13.1 Å². The first kappa shape index (κ1) is 17.8. The number of ketones is 1. The van der Waals surface area contributed by atoms with Crippen LogP contribution >= 0.6 is 0 Å². The molecule has 1 aromatic carbocycles. The van der Waals surface area contributed by atoms with E-state index >= 15 is 0 Å². The maximum atomic E-state index is 12.5. The number of rotatable bonds is 6. The van der Waals surface area contributed by atoms with Gasteiger partial charge in [0.15, 0.2) is 5.78 Å². The van der Waals surface area contributed by atoms with Crippen LogP contribution in [0.5, 0.6) is 0 Å². The summed E-state index contributed by atoms with van der Waals surface area (Å²) >= 11 is 0. The molecule has 0 aromatic heterocycles. The van der Waals surface area contributed by atoms with Crippen molar-refractivity contribution in [2.75, 3.05) is 6.54 Å². The van der Waals surface area contributed by atoms with Gasteiger partial charge in [-0.3, -0.25) is 4.79 Å². The lowest BCUT2D eigenvalue weighted by Crippen LogP contribution is -2.49. The Labute approximate surface area is 126 Å². The quantitative estimate of drug-likeness (QED) is 0.690. The van der Waals surface area contributed by atoms with Gasteiger partial charge in [0.2, 0.25) is 10.0 Å². The predicted molar refractivity (Wildman–Crippen MR) is 82.5 cm³/mol. The Hall–Kier alpha value is -1.28. The van der Waals surface area contributed by atoms with Crippen LogP contribution in [0.25, 0.3) is 0 Å². The second-order valence-corrected chi connectivity index (χ2v) is 6.97. The highest BCUT2D eigenvalue weighted by Crippen LogP contribution is 2.21. The molecule has 0 spiro atoms. The standard InChI is InChI=1S/C14H23N3O3S/c1-8-5-9(2)14(10(3)6-8)21(19,20)17-11(4)13(18)12(16)7-15/h5-6,11-12,17H,7,15-16H2,1-4H3. The largest absolute Gasteiger partial charge is 0.328 e. The summed E-state index contributed by atoms with van der Waals surface area (Å²) < 4.78 is 27.3. The molecule has 0 saturated heterocycles. The molecule has 21 heavy (non-hydrogen) atoms. The van der Waals surface area contributed by atoms with Crippen LogP contribution in [0.15, 0.2) is 17.0 Å². The lowest BCUT2D eigenvalue weighted by molar-refractivity contribution is -0.121. The number of hydrogen-bond acceptors (Lipinski definition) is 5. The molecule has 0 aliphatic carbocycles. The first-order valence-corrected chi connectivity index (χ1v) is 8.18. The minimum Gasteiger partial charge on any atom is -0.328 e. The zero-order valence-electron chi connectivity index (χ0n) is 12.8. The molecular weight excluding hydrogens is 290 g/mol. The fourth-order valence-electron chi connectivity index (χ4n) is 2.38. The van der Waals surface area contributed by atoms with Crippen LogP contribution in [-0.4, -0.2) is 32.8 Å². The molecule has 0 aliphatic rings.